The molecule has 1 N–H and O–H groups in total. The summed E-state index contributed by atoms with van der Waals surface area (Å²) < 4.78 is 6.00. The number of halogens is 1. The molecule has 3 aromatic rings. The molecule has 0 unspecified atom stereocenters. The van der Waals surface area contributed by atoms with Crippen molar-refractivity contribution in [2.24, 2.45) is 0 Å². The van der Waals surface area contributed by atoms with Gasteiger partial charge in [-0.15, -0.1) is 0 Å². The summed E-state index contributed by atoms with van der Waals surface area (Å²) in [4.78, 5) is 39.5. The molecule has 1 aliphatic rings. The molecule has 2 amide bonds. The number of anilines is 1. The van der Waals surface area contributed by atoms with E-state index in [1.165, 1.54) is 30.1 Å². The first-order valence-corrected chi connectivity index (χ1v) is 10.1. The number of rotatable bonds is 5. The average Bonchev–Trinajstić information content (AvgIpc) is 3.26. The Hall–Kier alpha value is -3.85. The molecule has 2 aromatic carbocycles. The number of likely N-dealkylation sites (N-methyl/N-ethyl adjacent to an activating group) is 1. The lowest BCUT2D eigenvalue weighted by Crippen LogP contribution is -2.50. The minimum Gasteiger partial charge on any atom is -0.457 e. The molecular weight excluding hydrogens is 436 g/mol. The van der Waals surface area contributed by atoms with Crippen molar-refractivity contribution in [3.63, 3.8) is 0 Å². The van der Waals surface area contributed by atoms with Crippen LogP contribution in [0, 0.1) is 10.1 Å². The summed E-state index contributed by atoms with van der Waals surface area (Å²) in [6, 6.07) is 14.6. The molecule has 2 heterocycles. The molecule has 164 valence electrons. The number of hydrogen-bond acceptors (Lipinski definition) is 6. The van der Waals surface area contributed by atoms with Crippen LogP contribution >= 0.6 is 11.6 Å². The first-order chi connectivity index (χ1) is 15.3. The Morgan fingerprint density at radius 2 is 1.94 bits per heavy atom. The maximum absolute atomic E-state index is 13.0. The zero-order valence-corrected chi connectivity index (χ0v) is 18.0. The Morgan fingerprint density at radius 1 is 1.19 bits per heavy atom. The lowest BCUT2D eigenvalue weighted by Gasteiger charge is -2.42. The topological polar surface area (TPSA) is 109 Å². The van der Waals surface area contributed by atoms with E-state index in [1.807, 2.05) is 0 Å². The molecule has 32 heavy (non-hydrogen) atoms. The van der Waals surface area contributed by atoms with Crippen molar-refractivity contribution < 1.29 is 18.9 Å². The van der Waals surface area contributed by atoms with Crippen LogP contribution in [-0.4, -0.2) is 42.3 Å². The normalized spacial score (nSPS) is 15.5. The van der Waals surface area contributed by atoms with Gasteiger partial charge < -0.3 is 19.5 Å². The van der Waals surface area contributed by atoms with Crippen molar-refractivity contribution in [2.75, 3.05) is 25.5 Å². The van der Waals surface area contributed by atoms with Crippen LogP contribution < -0.4 is 10.2 Å². The van der Waals surface area contributed by atoms with Crippen molar-refractivity contribution in [1.29, 1.82) is 0 Å². The second-order valence-corrected chi connectivity index (χ2v) is 7.66. The van der Waals surface area contributed by atoms with E-state index < -0.39 is 11.1 Å². The zero-order valence-electron chi connectivity index (χ0n) is 17.2. The van der Waals surface area contributed by atoms with Gasteiger partial charge >= 0.3 is 0 Å². The van der Waals surface area contributed by atoms with Gasteiger partial charge in [-0.3, -0.25) is 19.7 Å². The summed E-state index contributed by atoms with van der Waals surface area (Å²) in [6.45, 7) is -0.0209. The summed E-state index contributed by atoms with van der Waals surface area (Å²) in [7, 11) is 3.15. The fraction of sp³-hybridized carbons (Fsp3) is 0.182. The van der Waals surface area contributed by atoms with Crippen molar-refractivity contribution >= 4 is 34.8 Å². The standard InChI is InChI=1S/C22H19ClN4O5/c1-24-20(28)12-26-16-6-4-3-5-15(16)22(29)25(2)21(26)19-10-9-18(32-19)14-8-7-13(23)11-17(14)27(30)31/h3-11,21H,12H2,1-2H3,(H,24,28)/t21-/m1/s1. The molecule has 10 heteroatoms. The van der Waals surface area contributed by atoms with Crippen LogP contribution in [0.1, 0.15) is 22.3 Å². The monoisotopic (exact) mass is 454 g/mol. The summed E-state index contributed by atoms with van der Waals surface area (Å²) in [6.07, 6.45) is -0.727. The molecular formula is C22H19ClN4O5. The Labute approximate surface area is 188 Å². The number of carbonyl (C=O) groups excluding carboxylic acids is 2. The van der Waals surface area contributed by atoms with Gasteiger partial charge in [0, 0.05) is 25.2 Å². The Balaban J connectivity index is 1.81. The van der Waals surface area contributed by atoms with Gasteiger partial charge in [-0.1, -0.05) is 23.7 Å². The predicted octanol–water partition coefficient (Wildman–Crippen LogP) is 3.85. The third-order valence-electron chi connectivity index (χ3n) is 5.32. The number of para-hydroxylation sites is 1. The second-order valence-electron chi connectivity index (χ2n) is 7.23. The van der Waals surface area contributed by atoms with Gasteiger partial charge in [0.05, 0.1) is 28.3 Å². The number of furan rings is 1. The number of amides is 2. The highest BCUT2D eigenvalue weighted by atomic mass is 35.5. The van der Waals surface area contributed by atoms with Crippen LogP contribution in [-0.2, 0) is 4.79 Å². The van der Waals surface area contributed by atoms with Crippen molar-refractivity contribution in [1.82, 2.24) is 10.2 Å². The minimum absolute atomic E-state index is 0.0209. The SMILES string of the molecule is CNC(=O)CN1c2ccccc2C(=O)N(C)[C@H]1c1ccc(-c2ccc(Cl)cc2[N+](=O)[O-])o1. The number of nitro groups is 1. The van der Waals surface area contributed by atoms with Gasteiger partial charge in [0.2, 0.25) is 5.91 Å². The van der Waals surface area contributed by atoms with Gasteiger partial charge in [0.1, 0.15) is 11.5 Å². The summed E-state index contributed by atoms with van der Waals surface area (Å²) in [5.41, 5.74) is 1.13. The lowest BCUT2D eigenvalue weighted by atomic mass is 10.0. The quantitative estimate of drug-likeness (QED) is 0.463. The molecule has 1 aromatic heterocycles. The molecule has 0 aliphatic carbocycles. The Morgan fingerprint density at radius 3 is 2.66 bits per heavy atom. The fourth-order valence-electron chi connectivity index (χ4n) is 3.80. The Bertz CT molecular complexity index is 1220. The van der Waals surface area contributed by atoms with Gasteiger partial charge in [0.25, 0.3) is 11.6 Å². The molecule has 0 bridgehead atoms. The van der Waals surface area contributed by atoms with Crippen LogP contribution in [0.3, 0.4) is 0 Å². The first-order valence-electron chi connectivity index (χ1n) is 9.69. The number of hydrogen-bond donors (Lipinski definition) is 1. The van der Waals surface area contributed by atoms with E-state index >= 15 is 0 Å². The van der Waals surface area contributed by atoms with Gasteiger partial charge in [-0.25, -0.2) is 0 Å². The number of benzene rings is 2. The molecule has 1 atom stereocenters. The highest BCUT2D eigenvalue weighted by Crippen LogP contribution is 2.40. The van der Waals surface area contributed by atoms with E-state index in [0.29, 0.717) is 17.0 Å². The largest absolute Gasteiger partial charge is 0.457 e. The second kappa shape index (κ2) is 8.35. The van der Waals surface area contributed by atoms with Crippen LogP contribution in [0.25, 0.3) is 11.3 Å². The Kier molecular flexibility index (Phi) is 5.58. The number of carbonyl (C=O) groups is 2. The summed E-state index contributed by atoms with van der Waals surface area (Å²) in [5, 5.41) is 14.3. The van der Waals surface area contributed by atoms with E-state index in [9.17, 15) is 19.7 Å². The molecule has 1 aliphatic heterocycles. The number of nitro benzene ring substituents is 1. The van der Waals surface area contributed by atoms with E-state index in [0.717, 1.165) is 0 Å². The highest BCUT2D eigenvalue weighted by molar-refractivity contribution is 6.30. The van der Waals surface area contributed by atoms with Crippen LogP contribution in [0.4, 0.5) is 11.4 Å². The van der Waals surface area contributed by atoms with Gasteiger partial charge in [-0.05, 0) is 36.4 Å². The molecule has 0 saturated heterocycles. The molecule has 0 radical (unpaired) electrons. The maximum atomic E-state index is 13.0. The number of nitrogens with zero attached hydrogens (tertiary/aromatic N) is 3. The zero-order chi connectivity index (χ0) is 23.0. The number of fused-ring (bicyclic) bond motifs is 1. The third-order valence-corrected chi connectivity index (χ3v) is 5.56. The van der Waals surface area contributed by atoms with Crippen LogP contribution in [0.2, 0.25) is 5.02 Å². The van der Waals surface area contributed by atoms with E-state index in [1.54, 1.807) is 48.3 Å². The third kappa shape index (κ3) is 3.67. The fourth-order valence-corrected chi connectivity index (χ4v) is 3.96. The minimum atomic E-state index is -0.727. The van der Waals surface area contributed by atoms with E-state index in [-0.39, 0.29) is 40.4 Å². The van der Waals surface area contributed by atoms with E-state index in [4.69, 9.17) is 16.0 Å². The van der Waals surface area contributed by atoms with Gasteiger partial charge in [0.15, 0.2) is 6.17 Å². The van der Waals surface area contributed by atoms with Crippen molar-refractivity contribution in [3.8, 4) is 11.3 Å². The molecule has 4 rings (SSSR count). The summed E-state index contributed by atoms with van der Waals surface area (Å²) in [5.74, 6) is 0.142. The molecule has 0 spiro atoms. The van der Waals surface area contributed by atoms with E-state index in [2.05, 4.69) is 5.32 Å². The van der Waals surface area contributed by atoms with Crippen molar-refractivity contribution in [3.05, 3.63) is 81.1 Å². The number of nitrogens with one attached hydrogen (secondary N) is 1. The lowest BCUT2D eigenvalue weighted by molar-refractivity contribution is -0.384. The average molecular weight is 455 g/mol. The molecule has 0 saturated carbocycles. The summed E-state index contributed by atoms with van der Waals surface area (Å²) >= 11 is 5.92. The van der Waals surface area contributed by atoms with Crippen LogP contribution in [0.5, 0.6) is 0 Å². The smallest absolute Gasteiger partial charge is 0.281 e. The van der Waals surface area contributed by atoms with Gasteiger partial charge in [-0.2, -0.15) is 0 Å². The maximum Gasteiger partial charge on any atom is 0.281 e. The van der Waals surface area contributed by atoms with Crippen molar-refractivity contribution in [2.45, 2.75) is 6.17 Å². The highest BCUT2D eigenvalue weighted by Gasteiger charge is 2.39. The van der Waals surface area contributed by atoms with Crippen LogP contribution in [0.15, 0.2) is 59.0 Å². The predicted molar refractivity (Wildman–Crippen MR) is 118 cm³/mol. The molecule has 0 fully saturated rings. The first kappa shape index (κ1) is 21.4. The molecule has 9 nitrogen and oxygen atoms in total.